The molecule has 8 nitrogen and oxygen atoms in total. The number of nitrogens with zero attached hydrogens (tertiary/aromatic N) is 1. The highest BCUT2D eigenvalue weighted by Gasteiger charge is 2.34. The Bertz CT molecular complexity index is 697. The number of hydrogen-bond acceptors (Lipinski definition) is 6. The standard InChI is InChI=1S/C16H24N2O6S/c1-18(2)25(20,21)10-12-8-24-9-15(12)17-16(19)11-5-13(22-3)7-14(6-11)23-4/h5-7,12,15H,8-10H2,1-4H3,(H,17,19)/t12-,15-/m0/s1. The van der Waals surface area contributed by atoms with Crippen LogP contribution in [0, 0.1) is 5.92 Å². The SMILES string of the molecule is COc1cc(OC)cc(C(=O)N[C@H]2COC[C@H]2CS(=O)(=O)N(C)C)c1. The van der Waals surface area contributed by atoms with E-state index in [1.54, 1.807) is 18.2 Å². The van der Waals surface area contributed by atoms with Gasteiger partial charge in [-0.3, -0.25) is 4.79 Å². The van der Waals surface area contributed by atoms with Crippen LogP contribution in [0.5, 0.6) is 11.5 Å². The summed E-state index contributed by atoms with van der Waals surface area (Å²) in [7, 11) is 2.61. The van der Waals surface area contributed by atoms with Gasteiger partial charge in [-0.25, -0.2) is 12.7 Å². The lowest BCUT2D eigenvalue weighted by atomic mass is 10.1. The van der Waals surface area contributed by atoms with Crippen molar-refractivity contribution in [2.45, 2.75) is 6.04 Å². The number of methoxy groups -OCH3 is 2. The average molecular weight is 372 g/mol. The Hall–Kier alpha value is -1.84. The van der Waals surface area contributed by atoms with Crippen molar-refractivity contribution in [1.82, 2.24) is 9.62 Å². The molecule has 1 saturated heterocycles. The van der Waals surface area contributed by atoms with E-state index in [-0.39, 0.29) is 30.2 Å². The molecule has 1 aliphatic heterocycles. The predicted molar refractivity (Wildman–Crippen MR) is 92.6 cm³/mol. The summed E-state index contributed by atoms with van der Waals surface area (Å²) in [5.74, 6) is 0.286. The Kier molecular flexibility index (Phi) is 6.26. The number of ether oxygens (including phenoxy) is 3. The molecule has 0 unspecified atom stereocenters. The molecule has 140 valence electrons. The maximum absolute atomic E-state index is 12.5. The van der Waals surface area contributed by atoms with E-state index in [1.165, 1.54) is 32.6 Å². The number of amides is 1. The fourth-order valence-electron chi connectivity index (χ4n) is 2.53. The molecule has 0 spiro atoms. The molecule has 0 radical (unpaired) electrons. The largest absolute Gasteiger partial charge is 0.497 e. The lowest BCUT2D eigenvalue weighted by Gasteiger charge is -2.21. The number of rotatable bonds is 7. The number of carbonyl (C=O) groups is 1. The van der Waals surface area contributed by atoms with Gasteiger partial charge in [0.15, 0.2) is 0 Å². The molecule has 2 atom stereocenters. The van der Waals surface area contributed by atoms with Gasteiger partial charge in [-0.1, -0.05) is 0 Å². The Labute approximate surface area is 148 Å². The molecule has 1 amide bonds. The quantitative estimate of drug-likeness (QED) is 0.742. The lowest BCUT2D eigenvalue weighted by molar-refractivity contribution is 0.0925. The second kappa shape index (κ2) is 8.03. The first kappa shape index (κ1) is 19.5. The summed E-state index contributed by atoms with van der Waals surface area (Å²) >= 11 is 0. The van der Waals surface area contributed by atoms with Crippen LogP contribution in [-0.2, 0) is 14.8 Å². The van der Waals surface area contributed by atoms with E-state index >= 15 is 0 Å². The van der Waals surface area contributed by atoms with Gasteiger partial charge in [0.25, 0.3) is 5.91 Å². The van der Waals surface area contributed by atoms with Crippen molar-refractivity contribution in [2.75, 3.05) is 47.3 Å². The molecule has 2 rings (SSSR count). The fraction of sp³-hybridized carbons (Fsp3) is 0.562. The van der Waals surface area contributed by atoms with Gasteiger partial charge in [0, 0.05) is 31.6 Å². The average Bonchev–Trinajstić information content (AvgIpc) is 3.00. The Morgan fingerprint density at radius 1 is 1.20 bits per heavy atom. The van der Waals surface area contributed by atoms with E-state index < -0.39 is 10.0 Å². The maximum Gasteiger partial charge on any atom is 0.251 e. The van der Waals surface area contributed by atoms with Crippen LogP contribution in [0.4, 0.5) is 0 Å². The zero-order valence-electron chi connectivity index (χ0n) is 14.8. The van der Waals surface area contributed by atoms with Crippen LogP contribution in [0.2, 0.25) is 0 Å². The molecule has 1 fully saturated rings. The molecule has 1 aromatic carbocycles. The van der Waals surface area contributed by atoms with Crippen molar-refractivity contribution in [3.63, 3.8) is 0 Å². The molecular formula is C16H24N2O6S. The number of benzene rings is 1. The van der Waals surface area contributed by atoms with E-state index in [2.05, 4.69) is 5.32 Å². The second-order valence-electron chi connectivity index (χ2n) is 6.04. The molecule has 1 heterocycles. The molecule has 1 aromatic rings. The number of nitrogens with one attached hydrogen (secondary N) is 1. The predicted octanol–water partition coefficient (Wildman–Crippen LogP) is 0.340. The summed E-state index contributed by atoms with van der Waals surface area (Å²) in [5, 5.41) is 2.85. The van der Waals surface area contributed by atoms with E-state index in [9.17, 15) is 13.2 Å². The van der Waals surface area contributed by atoms with Crippen LogP contribution < -0.4 is 14.8 Å². The monoisotopic (exact) mass is 372 g/mol. The minimum Gasteiger partial charge on any atom is -0.497 e. The van der Waals surface area contributed by atoms with Gasteiger partial charge in [0.05, 0.1) is 39.2 Å². The van der Waals surface area contributed by atoms with Crippen LogP contribution in [-0.4, -0.2) is 72.0 Å². The third-order valence-corrected chi connectivity index (χ3v) is 6.07. The van der Waals surface area contributed by atoms with E-state index in [0.717, 1.165) is 0 Å². The third kappa shape index (κ3) is 4.83. The highest BCUT2D eigenvalue weighted by atomic mass is 32.2. The molecule has 1 aliphatic rings. The van der Waals surface area contributed by atoms with Crippen LogP contribution in [0.3, 0.4) is 0 Å². The van der Waals surface area contributed by atoms with Crippen LogP contribution >= 0.6 is 0 Å². The van der Waals surface area contributed by atoms with Crippen molar-refractivity contribution in [2.24, 2.45) is 5.92 Å². The molecule has 1 N–H and O–H groups in total. The number of sulfonamides is 1. The molecular weight excluding hydrogens is 348 g/mol. The highest BCUT2D eigenvalue weighted by Crippen LogP contribution is 2.23. The van der Waals surface area contributed by atoms with Crippen LogP contribution in [0.15, 0.2) is 18.2 Å². The normalized spacial score (nSPS) is 20.5. The van der Waals surface area contributed by atoms with Gasteiger partial charge >= 0.3 is 0 Å². The topological polar surface area (TPSA) is 94.2 Å². The van der Waals surface area contributed by atoms with Gasteiger partial charge in [-0.15, -0.1) is 0 Å². The van der Waals surface area contributed by atoms with Crippen LogP contribution in [0.25, 0.3) is 0 Å². The first-order chi connectivity index (χ1) is 11.8. The summed E-state index contributed by atoms with van der Waals surface area (Å²) in [5.41, 5.74) is 0.373. The maximum atomic E-state index is 12.5. The summed E-state index contributed by atoms with van der Waals surface area (Å²) < 4.78 is 41.0. The number of hydrogen-bond donors (Lipinski definition) is 1. The van der Waals surface area contributed by atoms with Crippen LogP contribution in [0.1, 0.15) is 10.4 Å². The lowest BCUT2D eigenvalue weighted by Crippen LogP contribution is -2.43. The van der Waals surface area contributed by atoms with Crippen molar-refractivity contribution in [3.05, 3.63) is 23.8 Å². The Morgan fingerprint density at radius 3 is 2.32 bits per heavy atom. The van der Waals surface area contributed by atoms with Gasteiger partial charge in [-0.2, -0.15) is 0 Å². The first-order valence-electron chi connectivity index (χ1n) is 7.78. The highest BCUT2D eigenvalue weighted by molar-refractivity contribution is 7.89. The molecule has 0 bridgehead atoms. The molecule has 0 aromatic heterocycles. The van der Waals surface area contributed by atoms with Crippen molar-refractivity contribution in [1.29, 1.82) is 0 Å². The molecule has 25 heavy (non-hydrogen) atoms. The zero-order chi connectivity index (χ0) is 18.6. The summed E-state index contributed by atoms with van der Waals surface area (Å²) in [4.78, 5) is 12.5. The Morgan fingerprint density at radius 2 is 1.80 bits per heavy atom. The van der Waals surface area contributed by atoms with Gasteiger partial charge < -0.3 is 19.5 Å². The van der Waals surface area contributed by atoms with Crippen molar-refractivity contribution in [3.8, 4) is 11.5 Å². The van der Waals surface area contributed by atoms with Crippen molar-refractivity contribution >= 4 is 15.9 Å². The smallest absolute Gasteiger partial charge is 0.251 e. The zero-order valence-corrected chi connectivity index (χ0v) is 15.6. The van der Waals surface area contributed by atoms with Gasteiger partial charge in [0.2, 0.25) is 10.0 Å². The van der Waals surface area contributed by atoms with Crippen molar-refractivity contribution < 1.29 is 27.4 Å². The Balaban J connectivity index is 2.11. The molecule has 0 saturated carbocycles. The minimum absolute atomic E-state index is 0.0770. The minimum atomic E-state index is -3.37. The summed E-state index contributed by atoms with van der Waals surface area (Å²) in [6.07, 6.45) is 0. The van der Waals surface area contributed by atoms with E-state index in [1.807, 2.05) is 0 Å². The fourth-order valence-corrected chi connectivity index (χ4v) is 3.70. The van der Waals surface area contributed by atoms with E-state index in [4.69, 9.17) is 14.2 Å². The summed E-state index contributed by atoms with van der Waals surface area (Å²) in [6.45, 7) is 0.569. The number of carbonyl (C=O) groups excluding carboxylic acids is 1. The van der Waals surface area contributed by atoms with Gasteiger partial charge in [0.1, 0.15) is 11.5 Å². The molecule has 9 heteroatoms. The molecule has 0 aliphatic carbocycles. The van der Waals surface area contributed by atoms with Gasteiger partial charge in [-0.05, 0) is 12.1 Å². The first-order valence-corrected chi connectivity index (χ1v) is 9.39. The van der Waals surface area contributed by atoms with E-state index in [0.29, 0.717) is 23.7 Å². The second-order valence-corrected chi connectivity index (χ2v) is 8.27. The third-order valence-electron chi connectivity index (χ3n) is 4.11. The summed E-state index contributed by atoms with van der Waals surface area (Å²) in [6, 6.07) is 4.49.